The SMILES string of the molecule is CN(/N=C\c1cnc2ccc(-c3cccnc3)cn12)C(=O)NCc1ccccc1. The molecular weight excluding hydrogens is 364 g/mol. The van der Waals surface area contributed by atoms with Gasteiger partial charge in [0.1, 0.15) is 5.65 Å². The summed E-state index contributed by atoms with van der Waals surface area (Å²) in [7, 11) is 1.61. The Balaban J connectivity index is 1.48. The lowest BCUT2D eigenvalue weighted by atomic mass is 10.1. The summed E-state index contributed by atoms with van der Waals surface area (Å²) in [6.07, 6.45) is 8.89. The summed E-state index contributed by atoms with van der Waals surface area (Å²) in [5, 5.41) is 8.37. The molecule has 0 saturated heterocycles. The van der Waals surface area contributed by atoms with Crippen molar-refractivity contribution in [1.29, 1.82) is 0 Å². The number of fused-ring (bicyclic) bond motifs is 1. The second kappa shape index (κ2) is 8.35. The topological polar surface area (TPSA) is 74.9 Å². The molecule has 0 aliphatic heterocycles. The molecule has 7 heteroatoms. The molecule has 0 radical (unpaired) electrons. The molecule has 29 heavy (non-hydrogen) atoms. The summed E-state index contributed by atoms with van der Waals surface area (Å²) >= 11 is 0. The van der Waals surface area contributed by atoms with Crippen molar-refractivity contribution in [3.8, 4) is 11.1 Å². The summed E-state index contributed by atoms with van der Waals surface area (Å²) in [5.74, 6) is 0. The van der Waals surface area contributed by atoms with Gasteiger partial charge in [0.25, 0.3) is 0 Å². The minimum absolute atomic E-state index is 0.282. The summed E-state index contributed by atoms with van der Waals surface area (Å²) in [6.45, 7) is 0.448. The molecule has 0 spiro atoms. The van der Waals surface area contributed by atoms with Crippen molar-refractivity contribution in [3.05, 3.63) is 90.6 Å². The number of aromatic nitrogens is 3. The Labute approximate surface area is 168 Å². The van der Waals surface area contributed by atoms with E-state index in [1.807, 2.05) is 71.4 Å². The maximum absolute atomic E-state index is 12.3. The van der Waals surface area contributed by atoms with E-state index < -0.39 is 0 Å². The van der Waals surface area contributed by atoms with Gasteiger partial charge < -0.3 is 5.32 Å². The number of imidazole rings is 1. The number of carbonyl (C=O) groups is 1. The molecule has 0 bridgehead atoms. The zero-order chi connectivity index (χ0) is 20.1. The molecule has 3 aromatic heterocycles. The standard InChI is InChI=1S/C22H20N6O/c1-27(22(29)25-12-17-6-3-2-4-7-17)26-15-20-14-24-21-10-9-19(16-28(20)21)18-8-5-11-23-13-18/h2-11,13-16H,12H2,1H3,(H,25,29)/b26-15-. The first-order valence-corrected chi connectivity index (χ1v) is 9.18. The average Bonchev–Trinajstić information content (AvgIpc) is 3.19. The van der Waals surface area contributed by atoms with E-state index in [4.69, 9.17) is 0 Å². The van der Waals surface area contributed by atoms with Crippen LogP contribution in [0.5, 0.6) is 0 Å². The smallest absolute Gasteiger partial charge is 0.332 e. The highest BCUT2D eigenvalue weighted by atomic mass is 16.2. The number of hydrazone groups is 1. The van der Waals surface area contributed by atoms with Crippen LogP contribution < -0.4 is 5.32 Å². The predicted octanol–water partition coefficient (Wildman–Crippen LogP) is 3.57. The largest absolute Gasteiger partial charge is 0.337 e. The number of amides is 2. The summed E-state index contributed by atoms with van der Waals surface area (Å²) in [4.78, 5) is 20.8. The molecule has 1 aromatic carbocycles. The van der Waals surface area contributed by atoms with Crippen LogP contribution in [0.4, 0.5) is 4.79 Å². The Morgan fingerprint density at radius 2 is 1.97 bits per heavy atom. The Morgan fingerprint density at radius 3 is 2.76 bits per heavy atom. The van der Waals surface area contributed by atoms with E-state index in [0.717, 1.165) is 28.0 Å². The van der Waals surface area contributed by atoms with Crippen LogP contribution in [-0.4, -0.2) is 38.7 Å². The third kappa shape index (κ3) is 4.30. The predicted molar refractivity (Wildman–Crippen MR) is 112 cm³/mol. The normalized spacial score (nSPS) is 11.1. The van der Waals surface area contributed by atoms with Crippen molar-refractivity contribution in [2.45, 2.75) is 6.54 Å². The maximum atomic E-state index is 12.3. The number of benzene rings is 1. The molecule has 4 aromatic rings. The molecule has 0 aliphatic rings. The Morgan fingerprint density at radius 1 is 1.10 bits per heavy atom. The molecule has 0 unspecified atom stereocenters. The van der Waals surface area contributed by atoms with E-state index >= 15 is 0 Å². The van der Waals surface area contributed by atoms with Crippen molar-refractivity contribution in [1.82, 2.24) is 24.7 Å². The third-order valence-electron chi connectivity index (χ3n) is 4.47. The van der Waals surface area contributed by atoms with E-state index in [1.165, 1.54) is 5.01 Å². The van der Waals surface area contributed by atoms with Gasteiger partial charge in [0.2, 0.25) is 0 Å². The third-order valence-corrected chi connectivity index (χ3v) is 4.47. The average molecular weight is 384 g/mol. The van der Waals surface area contributed by atoms with Gasteiger partial charge in [-0.15, -0.1) is 0 Å². The van der Waals surface area contributed by atoms with Gasteiger partial charge in [-0.25, -0.2) is 14.8 Å². The highest BCUT2D eigenvalue weighted by molar-refractivity contribution is 5.81. The first-order chi connectivity index (χ1) is 14.2. The fourth-order valence-electron chi connectivity index (χ4n) is 2.89. The summed E-state index contributed by atoms with van der Waals surface area (Å²) in [6, 6.07) is 17.3. The van der Waals surface area contributed by atoms with Crippen molar-refractivity contribution >= 4 is 17.9 Å². The Kier molecular flexibility index (Phi) is 5.29. The van der Waals surface area contributed by atoms with Crippen molar-refractivity contribution < 1.29 is 4.79 Å². The van der Waals surface area contributed by atoms with Crippen LogP contribution in [0.3, 0.4) is 0 Å². The van der Waals surface area contributed by atoms with Crippen molar-refractivity contribution in [3.63, 3.8) is 0 Å². The quantitative estimate of drug-likeness (QED) is 0.422. The molecule has 144 valence electrons. The maximum Gasteiger partial charge on any atom is 0.337 e. The minimum Gasteiger partial charge on any atom is -0.332 e. The lowest BCUT2D eigenvalue weighted by Crippen LogP contribution is -2.33. The van der Waals surface area contributed by atoms with Gasteiger partial charge in [0, 0.05) is 43.3 Å². The summed E-state index contributed by atoms with van der Waals surface area (Å²) in [5.41, 5.74) is 4.64. The van der Waals surface area contributed by atoms with Crippen LogP contribution in [0.25, 0.3) is 16.8 Å². The molecule has 7 nitrogen and oxygen atoms in total. The molecule has 0 atom stereocenters. The van der Waals surface area contributed by atoms with Gasteiger partial charge >= 0.3 is 6.03 Å². The molecule has 0 saturated carbocycles. The number of carbonyl (C=O) groups excluding carboxylic acids is 1. The van der Waals surface area contributed by atoms with Crippen LogP contribution in [0.15, 0.2) is 84.5 Å². The van der Waals surface area contributed by atoms with E-state index in [2.05, 4.69) is 20.4 Å². The zero-order valence-corrected chi connectivity index (χ0v) is 15.9. The van der Waals surface area contributed by atoms with E-state index in [1.54, 1.807) is 25.7 Å². The first kappa shape index (κ1) is 18.4. The van der Waals surface area contributed by atoms with Crippen LogP contribution in [0, 0.1) is 0 Å². The van der Waals surface area contributed by atoms with Crippen molar-refractivity contribution in [2.75, 3.05) is 7.05 Å². The van der Waals surface area contributed by atoms with Gasteiger partial charge in [-0.05, 0) is 23.8 Å². The van der Waals surface area contributed by atoms with Gasteiger partial charge in [-0.2, -0.15) is 5.10 Å². The van der Waals surface area contributed by atoms with Gasteiger partial charge in [-0.3, -0.25) is 9.38 Å². The van der Waals surface area contributed by atoms with Crippen LogP contribution in [0.2, 0.25) is 0 Å². The zero-order valence-electron chi connectivity index (χ0n) is 15.9. The molecule has 4 rings (SSSR count). The monoisotopic (exact) mass is 384 g/mol. The highest BCUT2D eigenvalue weighted by Crippen LogP contribution is 2.19. The van der Waals surface area contributed by atoms with Crippen LogP contribution >= 0.6 is 0 Å². The lowest BCUT2D eigenvalue weighted by Gasteiger charge is -2.12. The number of hydrogen-bond donors (Lipinski definition) is 1. The highest BCUT2D eigenvalue weighted by Gasteiger charge is 2.08. The van der Waals surface area contributed by atoms with Crippen LogP contribution in [-0.2, 0) is 6.54 Å². The fourth-order valence-corrected chi connectivity index (χ4v) is 2.89. The lowest BCUT2D eigenvalue weighted by molar-refractivity contribution is 0.210. The Bertz CT molecular complexity index is 1140. The van der Waals surface area contributed by atoms with E-state index in [9.17, 15) is 4.79 Å². The number of urea groups is 1. The molecule has 0 aliphatic carbocycles. The molecule has 1 N–H and O–H groups in total. The molecule has 0 fully saturated rings. The molecular formula is C22H20N6O. The first-order valence-electron chi connectivity index (χ1n) is 9.18. The Hall–Kier alpha value is -4.00. The van der Waals surface area contributed by atoms with E-state index in [0.29, 0.717) is 6.54 Å². The number of nitrogens with one attached hydrogen (secondary N) is 1. The molecule has 2 amide bonds. The van der Waals surface area contributed by atoms with Gasteiger partial charge in [0.15, 0.2) is 0 Å². The van der Waals surface area contributed by atoms with E-state index in [-0.39, 0.29) is 6.03 Å². The fraction of sp³-hybridized carbons (Fsp3) is 0.0909. The van der Waals surface area contributed by atoms with Crippen LogP contribution in [0.1, 0.15) is 11.3 Å². The number of pyridine rings is 2. The number of hydrogen-bond acceptors (Lipinski definition) is 4. The second-order valence-corrected chi connectivity index (χ2v) is 6.48. The molecule has 3 heterocycles. The summed E-state index contributed by atoms with van der Waals surface area (Å²) < 4.78 is 1.93. The van der Waals surface area contributed by atoms with Gasteiger partial charge in [0.05, 0.1) is 18.1 Å². The number of rotatable bonds is 5. The van der Waals surface area contributed by atoms with Crippen molar-refractivity contribution in [2.24, 2.45) is 5.10 Å². The number of nitrogens with zero attached hydrogens (tertiary/aromatic N) is 5. The minimum atomic E-state index is -0.282. The second-order valence-electron chi connectivity index (χ2n) is 6.48. The van der Waals surface area contributed by atoms with Gasteiger partial charge in [-0.1, -0.05) is 36.4 Å².